The highest BCUT2D eigenvalue weighted by Gasteiger charge is 2.43. The van der Waals surface area contributed by atoms with Crippen molar-refractivity contribution < 1.29 is 0 Å². The molecule has 1 heteroatoms. The summed E-state index contributed by atoms with van der Waals surface area (Å²) in [7, 11) is 0. The van der Waals surface area contributed by atoms with E-state index in [1.54, 1.807) is 11.1 Å². The fraction of sp³-hybridized carbons (Fsp3) is 0.692. The van der Waals surface area contributed by atoms with Crippen molar-refractivity contribution in [3.05, 3.63) is 48.1 Å². The SMILES string of the molecule is C=CC[C@H](CC1CC2=C(CCC=C2)C1(C)C)C1CCC2CC(I)C=CC2C1. The van der Waals surface area contributed by atoms with Crippen LogP contribution in [0, 0.1) is 35.0 Å². The van der Waals surface area contributed by atoms with Gasteiger partial charge in [0.2, 0.25) is 0 Å². The molecule has 6 atom stereocenters. The van der Waals surface area contributed by atoms with Gasteiger partial charge in [0.1, 0.15) is 0 Å². The Bertz CT molecular complexity index is 649. The number of fused-ring (bicyclic) bond motifs is 1. The molecule has 0 amide bonds. The van der Waals surface area contributed by atoms with Crippen LogP contribution in [0.2, 0.25) is 0 Å². The van der Waals surface area contributed by atoms with Crippen LogP contribution in [-0.2, 0) is 0 Å². The molecule has 0 saturated heterocycles. The molecular weight excluding hydrogens is 439 g/mol. The van der Waals surface area contributed by atoms with Crippen molar-refractivity contribution in [2.45, 2.75) is 75.6 Å². The Labute approximate surface area is 180 Å². The van der Waals surface area contributed by atoms with Crippen molar-refractivity contribution in [1.82, 2.24) is 0 Å². The molecule has 0 aromatic heterocycles. The summed E-state index contributed by atoms with van der Waals surface area (Å²) in [5.41, 5.74) is 3.86. The first-order valence-electron chi connectivity index (χ1n) is 11.3. The summed E-state index contributed by atoms with van der Waals surface area (Å²) in [5, 5.41) is 0. The second kappa shape index (κ2) is 8.20. The van der Waals surface area contributed by atoms with Crippen LogP contribution in [-0.4, -0.2) is 3.92 Å². The van der Waals surface area contributed by atoms with Gasteiger partial charge in [0.15, 0.2) is 0 Å². The quantitative estimate of drug-likeness (QED) is 0.214. The minimum atomic E-state index is 0.399. The third-order valence-electron chi connectivity index (χ3n) is 8.44. The van der Waals surface area contributed by atoms with E-state index in [0.717, 1.165) is 33.5 Å². The zero-order chi connectivity index (χ0) is 19.0. The minimum Gasteiger partial charge on any atom is -0.103 e. The molecule has 0 radical (unpaired) electrons. The minimum absolute atomic E-state index is 0.399. The number of halogens is 1. The van der Waals surface area contributed by atoms with E-state index in [4.69, 9.17) is 0 Å². The number of hydrogen-bond donors (Lipinski definition) is 0. The van der Waals surface area contributed by atoms with Crippen LogP contribution in [0.3, 0.4) is 0 Å². The first kappa shape index (κ1) is 20.0. The van der Waals surface area contributed by atoms with Gasteiger partial charge < -0.3 is 0 Å². The zero-order valence-electron chi connectivity index (χ0n) is 17.3. The number of alkyl halides is 1. The maximum absolute atomic E-state index is 4.13. The van der Waals surface area contributed by atoms with Gasteiger partial charge in [-0.05, 0) is 98.4 Å². The molecule has 1 fully saturated rings. The largest absolute Gasteiger partial charge is 0.103 e. The fourth-order valence-corrected chi connectivity index (χ4v) is 7.63. The molecule has 4 rings (SSSR count). The summed E-state index contributed by atoms with van der Waals surface area (Å²) in [6.45, 7) is 9.20. The van der Waals surface area contributed by atoms with Gasteiger partial charge in [0.25, 0.3) is 0 Å². The van der Waals surface area contributed by atoms with Gasteiger partial charge in [0, 0.05) is 3.92 Å². The van der Waals surface area contributed by atoms with Crippen molar-refractivity contribution >= 4 is 22.6 Å². The van der Waals surface area contributed by atoms with E-state index in [1.807, 2.05) is 0 Å². The molecule has 0 bridgehead atoms. The van der Waals surface area contributed by atoms with E-state index >= 15 is 0 Å². The molecule has 1 saturated carbocycles. The predicted molar refractivity (Wildman–Crippen MR) is 126 cm³/mol. The molecule has 148 valence electrons. The summed E-state index contributed by atoms with van der Waals surface area (Å²) in [5.74, 6) is 4.38. The molecule has 27 heavy (non-hydrogen) atoms. The molecule has 4 aliphatic carbocycles. The zero-order valence-corrected chi connectivity index (χ0v) is 19.5. The Kier molecular flexibility index (Phi) is 6.07. The van der Waals surface area contributed by atoms with Gasteiger partial charge in [-0.1, -0.05) is 72.4 Å². The molecular formula is C26H37I. The van der Waals surface area contributed by atoms with Gasteiger partial charge in [-0.25, -0.2) is 0 Å². The van der Waals surface area contributed by atoms with Crippen LogP contribution in [0.1, 0.15) is 71.6 Å². The lowest BCUT2D eigenvalue weighted by atomic mass is 9.63. The maximum Gasteiger partial charge on any atom is 0.0292 e. The Balaban J connectivity index is 1.45. The summed E-state index contributed by atoms with van der Waals surface area (Å²) in [6, 6.07) is 0. The topological polar surface area (TPSA) is 0 Å². The van der Waals surface area contributed by atoms with Gasteiger partial charge in [-0.2, -0.15) is 0 Å². The summed E-state index contributed by atoms with van der Waals surface area (Å²) in [6.07, 6.45) is 24.4. The predicted octanol–water partition coefficient (Wildman–Crippen LogP) is 8.06. The van der Waals surface area contributed by atoms with Crippen LogP contribution in [0.5, 0.6) is 0 Å². The molecule has 0 nitrogen and oxygen atoms in total. The van der Waals surface area contributed by atoms with Crippen molar-refractivity contribution in [1.29, 1.82) is 0 Å². The number of hydrogen-bond acceptors (Lipinski definition) is 0. The van der Waals surface area contributed by atoms with Crippen LogP contribution >= 0.6 is 22.6 Å². The second-order valence-electron chi connectivity index (χ2n) is 10.2. The van der Waals surface area contributed by atoms with E-state index in [9.17, 15) is 0 Å². The van der Waals surface area contributed by atoms with Crippen LogP contribution < -0.4 is 0 Å². The Morgan fingerprint density at radius 1 is 1.26 bits per heavy atom. The van der Waals surface area contributed by atoms with Crippen LogP contribution in [0.25, 0.3) is 0 Å². The molecule has 5 unspecified atom stereocenters. The first-order valence-corrected chi connectivity index (χ1v) is 12.6. The molecule has 4 aliphatic rings. The summed E-state index contributed by atoms with van der Waals surface area (Å²) >= 11 is 2.62. The fourth-order valence-electron chi connectivity index (χ4n) is 6.74. The third kappa shape index (κ3) is 4.05. The number of allylic oxidation sites excluding steroid dienone is 7. The van der Waals surface area contributed by atoms with E-state index in [1.165, 1.54) is 57.8 Å². The Morgan fingerprint density at radius 2 is 2.11 bits per heavy atom. The highest BCUT2D eigenvalue weighted by atomic mass is 127. The molecule has 0 heterocycles. The normalized spacial score (nSPS) is 38.4. The summed E-state index contributed by atoms with van der Waals surface area (Å²) in [4.78, 5) is 0. The van der Waals surface area contributed by atoms with Gasteiger partial charge in [-0.3, -0.25) is 0 Å². The highest BCUT2D eigenvalue weighted by Crippen LogP contribution is 2.54. The van der Waals surface area contributed by atoms with Gasteiger partial charge in [0.05, 0.1) is 0 Å². The lowest BCUT2D eigenvalue weighted by Gasteiger charge is -2.42. The average molecular weight is 476 g/mol. The standard InChI is InChI=1S/C26H37I/c1-4-7-18(19-10-11-21-17-24(27)13-12-20(21)14-19)15-23-16-22-8-5-6-9-25(22)26(23,2)3/h4-5,8,12-13,18-21,23-24H,1,6-7,9-11,14-17H2,2-3H3/t18-,19?,20?,21?,23?,24?/m1/s1. The maximum atomic E-state index is 4.13. The van der Waals surface area contributed by atoms with E-state index in [2.05, 4.69) is 73.4 Å². The van der Waals surface area contributed by atoms with E-state index in [0.29, 0.717) is 5.41 Å². The second-order valence-corrected chi connectivity index (χ2v) is 11.8. The van der Waals surface area contributed by atoms with Crippen molar-refractivity contribution in [2.75, 3.05) is 0 Å². The van der Waals surface area contributed by atoms with Crippen molar-refractivity contribution in [3.8, 4) is 0 Å². The molecule has 0 aliphatic heterocycles. The lowest BCUT2D eigenvalue weighted by Crippen LogP contribution is -2.33. The number of rotatable bonds is 5. The highest BCUT2D eigenvalue weighted by molar-refractivity contribution is 14.1. The Hall–Kier alpha value is -0.310. The van der Waals surface area contributed by atoms with Gasteiger partial charge >= 0.3 is 0 Å². The summed E-state index contributed by atoms with van der Waals surface area (Å²) < 4.78 is 0.772. The molecule has 0 spiro atoms. The van der Waals surface area contributed by atoms with E-state index < -0.39 is 0 Å². The third-order valence-corrected chi connectivity index (χ3v) is 9.36. The molecule has 0 aromatic carbocycles. The van der Waals surface area contributed by atoms with Crippen molar-refractivity contribution in [3.63, 3.8) is 0 Å². The monoisotopic (exact) mass is 476 g/mol. The molecule has 0 aromatic rings. The van der Waals surface area contributed by atoms with Gasteiger partial charge in [-0.15, -0.1) is 6.58 Å². The smallest absolute Gasteiger partial charge is 0.0292 e. The van der Waals surface area contributed by atoms with Crippen LogP contribution in [0.4, 0.5) is 0 Å². The van der Waals surface area contributed by atoms with Crippen LogP contribution in [0.15, 0.2) is 48.1 Å². The lowest BCUT2D eigenvalue weighted by molar-refractivity contribution is 0.121. The van der Waals surface area contributed by atoms with E-state index in [-0.39, 0.29) is 0 Å². The molecule has 0 N–H and O–H groups in total. The first-order chi connectivity index (χ1) is 13.0. The Morgan fingerprint density at radius 3 is 2.89 bits per heavy atom. The van der Waals surface area contributed by atoms with Crippen molar-refractivity contribution in [2.24, 2.45) is 35.0 Å². The average Bonchev–Trinajstić information content (AvgIpc) is 2.91.